The van der Waals surface area contributed by atoms with E-state index in [1.54, 1.807) is 14.2 Å². The Morgan fingerprint density at radius 2 is 2.04 bits per heavy atom. The zero-order valence-corrected chi connectivity index (χ0v) is 15.6. The molecule has 5 heteroatoms. The van der Waals surface area contributed by atoms with Gasteiger partial charge in [-0.15, -0.1) is 11.8 Å². The normalized spacial score (nSPS) is 15.4. The molecule has 0 bridgehead atoms. The number of amides is 1. The number of thioether (sulfide) groups is 1. The number of allylic oxidation sites excluding steroid dienone is 1. The van der Waals surface area contributed by atoms with Crippen molar-refractivity contribution in [3.8, 4) is 11.5 Å². The fourth-order valence-electron chi connectivity index (χ4n) is 2.77. The van der Waals surface area contributed by atoms with E-state index in [2.05, 4.69) is 11.4 Å². The number of benzene rings is 1. The maximum atomic E-state index is 12.3. The Kier molecular flexibility index (Phi) is 7.50. The van der Waals surface area contributed by atoms with Crippen molar-refractivity contribution >= 4 is 17.7 Å². The smallest absolute Gasteiger partial charge is 0.233 e. The summed E-state index contributed by atoms with van der Waals surface area (Å²) in [5.41, 5.74) is 1.49. The van der Waals surface area contributed by atoms with Gasteiger partial charge in [-0.3, -0.25) is 4.79 Å². The lowest BCUT2D eigenvalue weighted by atomic mass is 9.97. The molecule has 2 rings (SSSR count). The highest BCUT2D eigenvalue weighted by molar-refractivity contribution is 8.00. The van der Waals surface area contributed by atoms with E-state index in [0.29, 0.717) is 11.5 Å². The number of hydrogen-bond donors (Lipinski definition) is 1. The molecule has 0 fully saturated rings. The van der Waals surface area contributed by atoms with Crippen molar-refractivity contribution in [3.63, 3.8) is 0 Å². The first kappa shape index (κ1) is 18.7. The molecule has 0 radical (unpaired) electrons. The number of carbonyl (C=O) groups is 1. The molecule has 0 heterocycles. The lowest BCUT2D eigenvalue weighted by Gasteiger charge is -2.15. The molecule has 1 aliphatic carbocycles. The molecule has 132 valence electrons. The van der Waals surface area contributed by atoms with E-state index in [1.807, 2.05) is 25.1 Å². The lowest BCUT2D eigenvalue weighted by Crippen LogP contribution is -2.31. The van der Waals surface area contributed by atoms with Crippen LogP contribution < -0.4 is 14.8 Å². The zero-order valence-electron chi connectivity index (χ0n) is 14.8. The summed E-state index contributed by atoms with van der Waals surface area (Å²) in [6.45, 7) is 2.65. The van der Waals surface area contributed by atoms with Gasteiger partial charge in [-0.2, -0.15) is 0 Å². The Hall–Kier alpha value is -1.62. The van der Waals surface area contributed by atoms with E-state index < -0.39 is 0 Å². The largest absolute Gasteiger partial charge is 0.493 e. The molecule has 0 spiro atoms. The molecule has 1 unspecified atom stereocenters. The van der Waals surface area contributed by atoms with E-state index in [1.165, 1.54) is 43.0 Å². The highest BCUT2D eigenvalue weighted by Gasteiger charge is 2.15. The molecular formula is C19H27NO3S. The molecule has 0 aliphatic heterocycles. The van der Waals surface area contributed by atoms with E-state index in [0.717, 1.165) is 17.9 Å². The van der Waals surface area contributed by atoms with Crippen LogP contribution in [0.25, 0.3) is 0 Å². The maximum Gasteiger partial charge on any atom is 0.233 e. The predicted molar refractivity (Wildman–Crippen MR) is 99.0 cm³/mol. The summed E-state index contributed by atoms with van der Waals surface area (Å²) >= 11 is 1.52. The van der Waals surface area contributed by atoms with Crippen LogP contribution in [-0.4, -0.2) is 31.9 Å². The monoisotopic (exact) mass is 349 g/mol. The first-order valence-electron chi connectivity index (χ1n) is 8.48. The topological polar surface area (TPSA) is 47.6 Å². The fourth-order valence-corrected chi connectivity index (χ4v) is 3.69. The Labute approximate surface area is 149 Å². The molecule has 0 saturated heterocycles. The molecule has 1 N–H and O–H groups in total. The van der Waals surface area contributed by atoms with E-state index in [4.69, 9.17) is 9.47 Å². The highest BCUT2D eigenvalue weighted by Crippen LogP contribution is 2.33. The quantitative estimate of drug-likeness (QED) is 0.565. The van der Waals surface area contributed by atoms with Crippen LogP contribution in [0.15, 0.2) is 34.7 Å². The van der Waals surface area contributed by atoms with Crippen molar-refractivity contribution in [2.24, 2.45) is 0 Å². The summed E-state index contributed by atoms with van der Waals surface area (Å²) in [6.07, 6.45) is 8.26. The minimum atomic E-state index is -0.150. The SMILES string of the molecule is COc1ccc(SC(C)C(=O)NCCC2=CCCCC2)cc1OC. The fraction of sp³-hybridized carbons (Fsp3) is 0.526. The second kappa shape index (κ2) is 9.62. The van der Waals surface area contributed by atoms with Crippen LogP contribution in [0.2, 0.25) is 0 Å². The first-order valence-corrected chi connectivity index (χ1v) is 9.36. The third-order valence-electron chi connectivity index (χ3n) is 4.17. The van der Waals surface area contributed by atoms with Crippen molar-refractivity contribution in [1.29, 1.82) is 0 Å². The minimum absolute atomic E-state index is 0.0752. The van der Waals surface area contributed by atoms with E-state index in [-0.39, 0.29) is 11.2 Å². The van der Waals surface area contributed by atoms with Crippen molar-refractivity contribution < 1.29 is 14.3 Å². The van der Waals surface area contributed by atoms with Gasteiger partial charge in [0, 0.05) is 11.4 Å². The number of hydrogen-bond acceptors (Lipinski definition) is 4. The average Bonchev–Trinajstić information content (AvgIpc) is 2.62. The molecule has 1 aliphatic rings. The third kappa shape index (κ3) is 5.48. The van der Waals surface area contributed by atoms with E-state index >= 15 is 0 Å². The zero-order chi connectivity index (χ0) is 17.4. The van der Waals surface area contributed by atoms with Gasteiger partial charge >= 0.3 is 0 Å². The molecule has 1 amide bonds. The van der Waals surface area contributed by atoms with Gasteiger partial charge in [0.05, 0.1) is 19.5 Å². The third-order valence-corrected chi connectivity index (χ3v) is 5.26. The van der Waals surface area contributed by atoms with Crippen molar-refractivity contribution in [3.05, 3.63) is 29.8 Å². The minimum Gasteiger partial charge on any atom is -0.493 e. The predicted octanol–water partition coefficient (Wildman–Crippen LogP) is 4.19. The van der Waals surface area contributed by atoms with Gasteiger partial charge in [0.15, 0.2) is 11.5 Å². The molecule has 4 nitrogen and oxygen atoms in total. The molecule has 0 saturated carbocycles. The number of ether oxygens (including phenoxy) is 2. The van der Waals surface area contributed by atoms with Gasteiger partial charge in [0.25, 0.3) is 0 Å². The molecule has 1 atom stereocenters. The van der Waals surface area contributed by atoms with Gasteiger partial charge in [-0.25, -0.2) is 0 Å². The molecule has 1 aromatic carbocycles. The Morgan fingerprint density at radius 1 is 1.25 bits per heavy atom. The van der Waals surface area contributed by atoms with Gasteiger partial charge in [-0.05, 0) is 57.2 Å². The number of nitrogens with one attached hydrogen (secondary N) is 1. The van der Waals surface area contributed by atoms with Gasteiger partial charge in [-0.1, -0.05) is 11.6 Å². The number of methoxy groups -OCH3 is 2. The van der Waals surface area contributed by atoms with Crippen LogP contribution in [-0.2, 0) is 4.79 Å². The first-order chi connectivity index (χ1) is 11.6. The summed E-state index contributed by atoms with van der Waals surface area (Å²) in [4.78, 5) is 13.3. The number of carbonyl (C=O) groups excluding carboxylic acids is 1. The van der Waals surface area contributed by atoms with Crippen LogP contribution in [0.5, 0.6) is 11.5 Å². The van der Waals surface area contributed by atoms with E-state index in [9.17, 15) is 4.79 Å². The van der Waals surface area contributed by atoms with Gasteiger partial charge in [0.2, 0.25) is 5.91 Å². The number of rotatable bonds is 8. The lowest BCUT2D eigenvalue weighted by molar-refractivity contribution is -0.120. The van der Waals surface area contributed by atoms with Crippen LogP contribution >= 0.6 is 11.8 Å². The summed E-state index contributed by atoms with van der Waals surface area (Å²) < 4.78 is 10.5. The van der Waals surface area contributed by atoms with Crippen LogP contribution in [0.4, 0.5) is 0 Å². The van der Waals surface area contributed by atoms with Crippen LogP contribution in [0.3, 0.4) is 0 Å². The summed E-state index contributed by atoms with van der Waals surface area (Å²) in [5.74, 6) is 1.45. The second-order valence-electron chi connectivity index (χ2n) is 5.93. The Bertz CT molecular complexity index is 586. The standard InChI is InChI=1S/C19H27NO3S/c1-14(19(21)20-12-11-15-7-5-4-6-8-15)24-16-9-10-17(22-2)18(13-16)23-3/h7,9-10,13-14H,4-6,8,11-12H2,1-3H3,(H,20,21). The van der Waals surface area contributed by atoms with Crippen molar-refractivity contribution in [2.75, 3.05) is 20.8 Å². The highest BCUT2D eigenvalue weighted by atomic mass is 32.2. The molecular weight excluding hydrogens is 322 g/mol. The Morgan fingerprint density at radius 3 is 2.71 bits per heavy atom. The molecule has 0 aromatic heterocycles. The summed E-state index contributed by atoms with van der Waals surface area (Å²) in [6, 6.07) is 5.71. The molecule has 24 heavy (non-hydrogen) atoms. The summed E-state index contributed by atoms with van der Waals surface area (Å²) in [5, 5.41) is 2.89. The van der Waals surface area contributed by atoms with Crippen molar-refractivity contribution in [2.45, 2.75) is 49.2 Å². The van der Waals surface area contributed by atoms with Crippen LogP contribution in [0, 0.1) is 0 Å². The maximum absolute atomic E-state index is 12.3. The van der Waals surface area contributed by atoms with Gasteiger partial charge in [0.1, 0.15) is 0 Å². The molecule has 1 aromatic rings. The second-order valence-corrected chi connectivity index (χ2v) is 7.34. The average molecular weight is 349 g/mol. The summed E-state index contributed by atoms with van der Waals surface area (Å²) in [7, 11) is 3.23. The van der Waals surface area contributed by atoms with Gasteiger partial charge < -0.3 is 14.8 Å². The Balaban J connectivity index is 1.81. The van der Waals surface area contributed by atoms with Crippen LogP contribution in [0.1, 0.15) is 39.0 Å². The van der Waals surface area contributed by atoms with Crippen molar-refractivity contribution in [1.82, 2.24) is 5.32 Å².